The van der Waals surface area contributed by atoms with E-state index in [1.54, 1.807) is 66.4 Å². The standard InChI is InChI=1S/C41H82N8O18Si7/c1-33-26-36(4)47(44-33)39(54)20-16-17-23-72(31-52,59-9)64-69(13,30-51)63-71(15,62-68(12,29-50)57-7)65-70(14,58-8)66-74(61-11,25-19-22-43-41(56)49-38(6)28-35(3)46-49)67-73(32-53,60-10)24-18-21-42-40(55)48-37(5)27-34(2)45-48/h26-28,50-53H,16-25,29-32H2,1-15H3,(H,42,55)(H,43,56). The lowest BCUT2D eigenvalue weighted by Crippen LogP contribution is -2.70. The Kier molecular flexibility index (Phi) is 25.4. The van der Waals surface area contributed by atoms with E-state index in [9.17, 15) is 34.8 Å². The molecule has 0 aliphatic carbocycles. The van der Waals surface area contributed by atoms with Crippen LogP contribution < -0.4 is 10.6 Å². The molecule has 0 spiro atoms. The summed E-state index contributed by atoms with van der Waals surface area (Å²) in [5.41, 5.74) is 4.09. The largest absolute Gasteiger partial charge is 0.484 e. The van der Waals surface area contributed by atoms with Crippen LogP contribution in [0, 0.1) is 41.5 Å². The Morgan fingerprint density at radius 3 is 1.34 bits per heavy atom. The van der Waals surface area contributed by atoms with E-state index in [1.165, 1.54) is 56.1 Å². The maximum absolute atomic E-state index is 13.2. The number of nitrogens with one attached hydrogen (secondary N) is 2. The second-order valence-electron chi connectivity index (χ2n) is 18.6. The van der Waals surface area contributed by atoms with Gasteiger partial charge in [0.1, 0.15) is 0 Å². The number of aliphatic hydroxyl groups excluding tert-OH is 4. The first kappa shape index (κ1) is 65.4. The fraction of sp³-hybridized carbons (Fsp3) is 0.707. The molecule has 0 fully saturated rings. The normalized spacial score (nSPS) is 17.8. The predicted molar refractivity (Wildman–Crippen MR) is 284 cm³/mol. The van der Waals surface area contributed by atoms with Crippen LogP contribution in [0.25, 0.3) is 0 Å². The Morgan fingerprint density at radius 1 is 0.486 bits per heavy atom. The van der Waals surface area contributed by atoms with Gasteiger partial charge in [-0.2, -0.15) is 24.7 Å². The monoisotopic (exact) mass is 1170 g/mol. The molecule has 0 bridgehead atoms. The lowest BCUT2D eigenvalue weighted by atomic mass is 10.2. The van der Waals surface area contributed by atoms with Crippen molar-refractivity contribution in [3.05, 3.63) is 52.4 Å². The smallest absolute Gasteiger partial charge is 0.412 e. The third kappa shape index (κ3) is 18.4. The van der Waals surface area contributed by atoms with Crippen molar-refractivity contribution in [2.24, 2.45) is 0 Å². The van der Waals surface area contributed by atoms with E-state index in [2.05, 4.69) is 25.9 Å². The van der Waals surface area contributed by atoms with E-state index in [0.29, 0.717) is 42.0 Å². The van der Waals surface area contributed by atoms with Gasteiger partial charge in [0, 0.05) is 91.3 Å². The fourth-order valence-corrected chi connectivity index (χ4v) is 36.6. The number of carbonyl (C=O) groups excluding carboxylic acids is 3. The summed E-state index contributed by atoms with van der Waals surface area (Å²) in [6.07, 6.45) is -0.770. The molecule has 0 radical (unpaired) electrons. The first-order valence-electron chi connectivity index (χ1n) is 24.3. The zero-order chi connectivity index (χ0) is 55.8. The third-order valence-electron chi connectivity index (χ3n) is 12.0. The molecule has 422 valence electrons. The lowest BCUT2D eigenvalue weighted by Gasteiger charge is -2.46. The molecular formula is C41H82N8O18Si7. The number of aromatic nitrogens is 6. The number of hydrogen-bond donors (Lipinski definition) is 6. The van der Waals surface area contributed by atoms with Crippen molar-refractivity contribution < 1.29 is 81.6 Å². The van der Waals surface area contributed by atoms with Gasteiger partial charge in [-0.3, -0.25) is 4.79 Å². The summed E-state index contributed by atoms with van der Waals surface area (Å²) in [4.78, 5) is 39.2. The van der Waals surface area contributed by atoms with Gasteiger partial charge in [0.05, 0.1) is 42.0 Å². The summed E-state index contributed by atoms with van der Waals surface area (Å²) < 4.78 is 74.7. The van der Waals surface area contributed by atoms with Crippen LogP contribution in [0.3, 0.4) is 0 Å². The molecule has 0 saturated heterocycles. The second kappa shape index (κ2) is 28.7. The highest BCUT2D eigenvalue weighted by atomic mass is 28.5. The van der Waals surface area contributed by atoms with Gasteiger partial charge in [-0.15, -0.1) is 0 Å². The number of nitrogens with zero attached hydrogens (tertiary/aromatic N) is 6. The summed E-state index contributed by atoms with van der Waals surface area (Å²) in [5, 5.41) is 62.2. The highest BCUT2D eigenvalue weighted by Crippen LogP contribution is 2.34. The fourth-order valence-electron chi connectivity index (χ4n) is 8.05. The van der Waals surface area contributed by atoms with E-state index >= 15 is 0 Å². The molecule has 3 aromatic rings. The molecule has 0 aliphatic heterocycles. The number of amides is 2. The molecule has 3 aromatic heterocycles. The van der Waals surface area contributed by atoms with Gasteiger partial charge in [0.25, 0.3) is 0 Å². The van der Waals surface area contributed by atoms with E-state index < -0.39 is 97.6 Å². The van der Waals surface area contributed by atoms with Gasteiger partial charge in [-0.05, 0) is 104 Å². The first-order chi connectivity index (χ1) is 34.7. The molecule has 0 aromatic carbocycles. The van der Waals surface area contributed by atoms with Gasteiger partial charge in [0.2, 0.25) is 5.91 Å². The minimum Gasteiger partial charge on any atom is -0.412 e. The van der Waals surface area contributed by atoms with Crippen molar-refractivity contribution >= 4 is 78.6 Å². The van der Waals surface area contributed by atoms with E-state index in [4.69, 9.17) is 46.8 Å². The summed E-state index contributed by atoms with van der Waals surface area (Å²) in [6.45, 7) is 17.2. The van der Waals surface area contributed by atoms with Crippen molar-refractivity contribution in [3.8, 4) is 0 Å². The Morgan fingerprint density at radius 2 is 0.932 bits per heavy atom. The summed E-state index contributed by atoms with van der Waals surface area (Å²) in [5.74, 6) is -0.182. The molecule has 3 rings (SSSR count). The average molecular weight is 1170 g/mol. The maximum Gasteiger partial charge on any atom is 0.484 e. The van der Waals surface area contributed by atoms with Crippen molar-refractivity contribution in [3.63, 3.8) is 0 Å². The third-order valence-corrected chi connectivity index (χ3v) is 39.1. The number of hydrogen-bond acceptors (Lipinski definition) is 21. The van der Waals surface area contributed by atoms with Gasteiger partial charge in [-0.1, -0.05) is 6.42 Å². The number of aliphatic hydroxyl groups is 4. The minimum atomic E-state index is -4.38. The van der Waals surface area contributed by atoms with Crippen LogP contribution in [0.4, 0.5) is 9.59 Å². The van der Waals surface area contributed by atoms with Gasteiger partial charge >= 0.3 is 72.7 Å². The molecule has 74 heavy (non-hydrogen) atoms. The van der Waals surface area contributed by atoms with Crippen LogP contribution in [0.15, 0.2) is 18.2 Å². The van der Waals surface area contributed by atoms with Crippen LogP contribution in [0.2, 0.25) is 44.3 Å². The Balaban J connectivity index is 2.00. The Bertz CT molecular complexity index is 2270. The zero-order valence-electron chi connectivity index (χ0n) is 45.8. The molecule has 7 unspecified atom stereocenters. The molecular weight excluding hydrogens is 1090 g/mol. The number of rotatable bonds is 34. The van der Waals surface area contributed by atoms with Gasteiger partial charge < -0.3 is 77.9 Å². The van der Waals surface area contributed by atoms with Crippen molar-refractivity contribution in [1.82, 2.24) is 40.0 Å². The van der Waals surface area contributed by atoms with Crippen molar-refractivity contribution in [2.45, 2.75) is 118 Å². The summed E-state index contributed by atoms with van der Waals surface area (Å²) in [7, 11) is -20.9. The minimum absolute atomic E-state index is 0.0155. The number of carbonyl (C=O) groups is 3. The highest BCUT2D eigenvalue weighted by Gasteiger charge is 2.61. The molecule has 0 aliphatic rings. The van der Waals surface area contributed by atoms with Gasteiger partial charge in [-0.25, -0.2) is 14.3 Å². The average Bonchev–Trinajstić information content (AvgIpc) is 4.02. The molecule has 3 heterocycles. The maximum atomic E-state index is 13.2. The van der Waals surface area contributed by atoms with Crippen molar-refractivity contribution in [1.29, 1.82) is 0 Å². The Labute approximate surface area is 442 Å². The second-order valence-corrected chi connectivity index (χ2v) is 41.2. The first-order valence-corrected chi connectivity index (χ1v) is 40.2. The van der Waals surface area contributed by atoms with Crippen LogP contribution in [0.5, 0.6) is 0 Å². The SMILES string of the molecule is CO[Si](C)(CO)O[Si](C)(O[Si](C)(CO)O[Si](CO)(CCCCC(=O)n1nc(C)cc1C)OC)O[Si](C)(OC)O[Si](CCCNC(=O)n1nc(C)cc1C)(OC)O[Si](CO)(CCCNC(=O)n1nc(C)cc1C)OC. The Hall–Kier alpha value is -2.84. The van der Waals surface area contributed by atoms with Crippen LogP contribution in [0.1, 0.15) is 71.1 Å². The topological polar surface area (TPSA) is 311 Å². The number of unbranched alkanes of at least 4 members (excludes halogenated alkanes) is 1. The lowest BCUT2D eigenvalue weighted by molar-refractivity contribution is 0.0846. The molecule has 7 atom stereocenters. The molecule has 2 amide bonds. The highest BCUT2D eigenvalue weighted by molar-refractivity contribution is 6.90. The molecule has 33 heteroatoms. The van der Waals surface area contributed by atoms with Crippen LogP contribution in [-0.4, -0.2) is 202 Å². The predicted octanol–water partition coefficient (Wildman–Crippen LogP) is 2.80. The van der Waals surface area contributed by atoms with E-state index in [0.717, 1.165) is 11.4 Å². The zero-order valence-corrected chi connectivity index (χ0v) is 52.8. The molecule has 26 nitrogen and oxygen atoms in total. The van der Waals surface area contributed by atoms with E-state index in [-0.39, 0.29) is 50.0 Å². The quantitative estimate of drug-likeness (QED) is 0.0370. The van der Waals surface area contributed by atoms with E-state index in [1.807, 2.05) is 13.0 Å². The molecule has 6 N–H and O–H groups in total. The molecule has 0 saturated carbocycles. The van der Waals surface area contributed by atoms with Crippen LogP contribution >= 0.6 is 0 Å². The van der Waals surface area contributed by atoms with Gasteiger partial charge in [0.15, 0.2) is 0 Å². The summed E-state index contributed by atoms with van der Waals surface area (Å²) >= 11 is 0. The number of aryl methyl sites for hydroxylation is 6. The summed E-state index contributed by atoms with van der Waals surface area (Å²) in [6, 6.07) is 4.87. The van der Waals surface area contributed by atoms with Crippen LogP contribution in [-0.2, 0) is 46.8 Å². The van der Waals surface area contributed by atoms with Crippen molar-refractivity contribution in [2.75, 3.05) is 73.6 Å².